The molecular formula is C20H27NO7. The van der Waals surface area contributed by atoms with Crippen LogP contribution in [0.4, 0.5) is 4.79 Å². The molecule has 1 saturated carbocycles. The number of carboxylic acids is 1. The number of alkyl carbamates (subject to hydrolysis) is 1. The van der Waals surface area contributed by atoms with Crippen molar-refractivity contribution in [3.63, 3.8) is 0 Å². The van der Waals surface area contributed by atoms with E-state index in [2.05, 4.69) is 5.32 Å². The lowest BCUT2D eigenvalue weighted by atomic mass is 9.98. The van der Waals surface area contributed by atoms with Gasteiger partial charge in [-0.05, 0) is 64.8 Å². The minimum absolute atomic E-state index is 0.159. The molecule has 8 heteroatoms. The molecule has 0 bridgehead atoms. The lowest BCUT2D eigenvalue weighted by Gasteiger charge is -2.29. The van der Waals surface area contributed by atoms with Gasteiger partial charge >= 0.3 is 18.0 Å². The van der Waals surface area contributed by atoms with Gasteiger partial charge in [0, 0.05) is 6.42 Å². The Morgan fingerprint density at radius 3 is 2.39 bits per heavy atom. The van der Waals surface area contributed by atoms with Crippen LogP contribution in [-0.2, 0) is 14.3 Å². The maximum Gasteiger partial charge on any atom is 0.408 e. The van der Waals surface area contributed by atoms with Crippen molar-refractivity contribution in [1.82, 2.24) is 5.32 Å². The fraction of sp³-hybridized carbons (Fsp3) is 0.550. The number of carbonyl (C=O) groups is 3. The first-order valence-corrected chi connectivity index (χ1v) is 9.23. The van der Waals surface area contributed by atoms with E-state index in [1.165, 1.54) is 12.1 Å². The monoisotopic (exact) mass is 393 g/mol. The number of carbonyl (C=O) groups excluding carboxylic acids is 2. The first-order chi connectivity index (χ1) is 13.0. The van der Waals surface area contributed by atoms with E-state index in [-0.39, 0.29) is 24.7 Å². The smallest absolute Gasteiger partial charge is 0.408 e. The Hall–Kier alpha value is -2.77. The van der Waals surface area contributed by atoms with Crippen LogP contribution in [0.5, 0.6) is 5.75 Å². The number of ether oxygens (including phenoxy) is 3. The third-order valence-electron chi connectivity index (χ3n) is 4.28. The van der Waals surface area contributed by atoms with Crippen molar-refractivity contribution >= 4 is 18.0 Å². The molecule has 0 heterocycles. The van der Waals surface area contributed by atoms with Crippen molar-refractivity contribution in [1.29, 1.82) is 0 Å². The number of benzene rings is 1. The summed E-state index contributed by atoms with van der Waals surface area (Å²) in [6.45, 7) is 7.12. The van der Waals surface area contributed by atoms with E-state index in [9.17, 15) is 14.4 Å². The SMILES string of the molecule is CCOC(=O)C1(NC(=O)OC(C)(C)C)CCC(Oc2ccc(C(=O)O)cc2)C1. The third kappa shape index (κ3) is 5.61. The van der Waals surface area contributed by atoms with Crippen LogP contribution < -0.4 is 10.1 Å². The number of esters is 1. The second kappa shape index (κ2) is 8.50. The average Bonchev–Trinajstić information content (AvgIpc) is 2.97. The van der Waals surface area contributed by atoms with E-state index in [1.807, 2.05) is 0 Å². The van der Waals surface area contributed by atoms with Gasteiger partial charge in [-0.25, -0.2) is 14.4 Å². The van der Waals surface area contributed by atoms with Crippen molar-refractivity contribution < 1.29 is 33.7 Å². The van der Waals surface area contributed by atoms with Gasteiger partial charge in [0.2, 0.25) is 0 Å². The molecule has 0 saturated heterocycles. The second-order valence-electron chi connectivity index (χ2n) is 7.74. The summed E-state index contributed by atoms with van der Waals surface area (Å²) < 4.78 is 16.3. The van der Waals surface area contributed by atoms with Gasteiger partial charge in [0.1, 0.15) is 23.0 Å². The summed E-state index contributed by atoms with van der Waals surface area (Å²) in [7, 11) is 0. The number of hydrogen-bond donors (Lipinski definition) is 2. The van der Waals surface area contributed by atoms with Crippen LogP contribution in [-0.4, -0.2) is 47.0 Å². The maximum absolute atomic E-state index is 12.6. The zero-order valence-electron chi connectivity index (χ0n) is 16.6. The number of hydrogen-bond acceptors (Lipinski definition) is 6. The number of nitrogens with one attached hydrogen (secondary N) is 1. The fourth-order valence-electron chi connectivity index (χ4n) is 3.09. The molecule has 0 spiro atoms. The molecule has 1 aliphatic carbocycles. The fourth-order valence-corrected chi connectivity index (χ4v) is 3.09. The van der Waals surface area contributed by atoms with Gasteiger partial charge < -0.3 is 24.6 Å². The van der Waals surface area contributed by atoms with Gasteiger partial charge in [0.05, 0.1) is 12.2 Å². The highest BCUT2D eigenvalue weighted by Crippen LogP contribution is 2.34. The van der Waals surface area contributed by atoms with E-state index >= 15 is 0 Å². The van der Waals surface area contributed by atoms with Crippen molar-refractivity contribution in [3.8, 4) is 5.75 Å². The van der Waals surface area contributed by atoms with Crippen LogP contribution in [0.3, 0.4) is 0 Å². The van der Waals surface area contributed by atoms with Gasteiger partial charge in [-0.2, -0.15) is 0 Å². The molecule has 2 N–H and O–H groups in total. The molecule has 1 amide bonds. The molecule has 2 rings (SSSR count). The minimum atomic E-state index is -1.22. The molecule has 2 unspecified atom stereocenters. The normalized spacial score (nSPS) is 21.6. The first-order valence-electron chi connectivity index (χ1n) is 9.23. The van der Waals surface area contributed by atoms with Gasteiger partial charge in [0.15, 0.2) is 0 Å². The Bertz CT molecular complexity index is 723. The molecule has 1 fully saturated rings. The summed E-state index contributed by atoms with van der Waals surface area (Å²) in [6, 6.07) is 6.03. The summed E-state index contributed by atoms with van der Waals surface area (Å²) in [5, 5.41) is 11.6. The standard InChI is InChI=1S/C20H27NO7/c1-5-26-17(24)20(21-18(25)28-19(2,3)4)11-10-15(12-20)27-14-8-6-13(7-9-14)16(22)23/h6-9,15H,5,10-12H2,1-4H3,(H,21,25)(H,22,23). The molecule has 0 radical (unpaired) electrons. The van der Waals surface area contributed by atoms with E-state index in [4.69, 9.17) is 19.3 Å². The molecule has 8 nitrogen and oxygen atoms in total. The van der Waals surface area contributed by atoms with Crippen LogP contribution in [0.25, 0.3) is 0 Å². The molecule has 0 aromatic heterocycles. The maximum atomic E-state index is 12.6. The highest BCUT2D eigenvalue weighted by molar-refractivity contribution is 5.87. The zero-order chi connectivity index (χ0) is 20.9. The second-order valence-corrected chi connectivity index (χ2v) is 7.74. The quantitative estimate of drug-likeness (QED) is 0.714. The van der Waals surface area contributed by atoms with Crippen LogP contribution in [0, 0.1) is 0 Å². The van der Waals surface area contributed by atoms with Crippen molar-refractivity contribution in [2.45, 2.75) is 64.2 Å². The van der Waals surface area contributed by atoms with E-state index in [1.54, 1.807) is 39.8 Å². The van der Waals surface area contributed by atoms with Crippen molar-refractivity contribution in [3.05, 3.63) is 29.8 Å². The largest absolute Gasteiger partial charge is 0.490 e. The van der Waals surface area contributed by atoms with E-state index < -0.39 is 29.2 Å². The Balaban J connectivity index is 2.09. The summed E-state index contributed by atoms with van der Waals surface area (Å²) >= 11 is 0. The molecule has 154 valence electrons. The Morgan fingerprint density at radius 2 is 1.86 bits per heavy atom. The van der Waals surface area contributed by atoms with Crippen LogP contribution in [0.2, 0.25) is 0 Å². The van der Waals surface area contributed by atoms with E-state index in [0.29, 0.717) is 18.6 Å². The Kier molecular flexibility index (Phi) is 6.53. The first kappa shape index (κ1) is 21.5. The minimum Gasteiger partial charge on any atom is -0.490 e. The zero-order valence-corrected chi connectivity index (χ0v) is 16.6. The molecular weight excluding hydrogens is 366 g/mol. The van der Waals surface area contributed by atoms with Gasteiger partial charge in [-0.3, -0.25) is 0 Å². The Labute approximate surface area is 164 Å². The predicted molar refractivity (Wildman–Crippen MR) is 100 cm³/mol. The van der Waals surface area contributed by atoms with Gasteiger partial charge in [-0.15, -0.1) is 0 Å². The lowest BCUT2D eigenvalue weighted by molar-refractivity contribution is -0.151. The van der Waals surface area contributed by atoms with Gasteiger partial charge in [-0.1, -0.05) is 0 Å². The van der Waals surface area contributed by atoms with E-state index in [0.717, 1.165) is 0 Å². The third-order valence-corrected chi connectivity index (χ3v) is 4.28. The van der Waals surface area contributed by atoms with Crippen molar-refractivity contribution in [2.75, 3.05) is 6.61 Å². The topological polar surface area (TPSA) is 111 Å². The average molecular weight is 393 g/mol. The molecule has 1 aromatic carbocycles. The molecule has 28 heavy (non-hydrogen) atoms. The Morgan fingerprint density at radius 1 is 1.21 bits per heavy atom. The number of aromatic carboxylic acids is 1. The van der Waals surface area contributed by atoms with Crippen LogP contribution in [0.1, 0.15) is 57.3 Å². The van der Waals surface area contributed by atoms with Gasteiger partial charge in [0.25, 0.3) is 0 Å². The van der Waals surface area contributed by atoms with Crippen molar-refractivity contribution in [2.24, 2.45) is 0 Å². The summed E-state index contributed by atoms with van der Waals surface area (Å²) in [4.78, 5) is 35.8. The predicted octanol–water partition coefficient (Wildman–Crippen LogP) is 3.14. The summed E-state index contributed by atoms with van der Waals surface area (Å²) in [5.41, 5.74) is -1.75. The number of amides is 1. The number of rotatable bonds is 6. The molecule has 0 aliphatic heterocycles. The summed E-state index contributed by atoms with van der Waals surface area (Å²) in [6.07, 6.45) is 0.0753. The highest BCUT2D eigenvalue weighted by Gasteiger charge is 2.49. The molecule has 1 aromatic rings. The molecule has 2 atom stereocenters. The summed E-state index contributed by atoms with van der Waals surface area (Å²) in [5.74, 6) is -1.05. The highest BCUT2D eigenvalue weighted by atomic mass is 16.6. The molecule has 1 aliphatic rings. The number of carboxylic acid groups (broad SMARTS) is 1. The van der Waals surface area contributed by atoms with Crippen LogP contribution >= 0.6 is 0 Å². The lowest BCUT2D eigenvalue weighted by Crippen LogP contribution is -2.55. The van der Waals surface area contributed by atoms with Crippen LogP contribution in [0.15, 0.2) is 24.3 Å².